The predicted molar refractivity (Wildman–Crippen MR) is 56.3 cm³/mol. The molecule has 2 rings (SSSR count). The lowest BCUT2D eigenvalue weighted by Gasteiger charge is -2.11. The Labute approximate surface area is 87.6 Å². The summed E-state index contributed by atoms with van der Waals surface area (Å²) >= 11 is 0. The lowest BCUT2D eigenvalue weighted by Crippen LogP contribution is -2.25. The van der Waals surface area contributed by atoms with Gasteiger partial charge in [-0.05, 0) is 30.7 Å². The van der Waals surface area contributed by atoms with Crippen LogP contribution in [0.5, 0.6) is 0 Å². The summed E-state index contributed by atoms with van der Waals surface area (Å²) in [5.41, 5.74) is 5.14. The molecule has 1 aliphatic rings. The molecular weight excluding hydrogens is 194 g/mol. The lowest BCUT2D eigenvalue weighted by molar-refractivity contribution is 0.197. The summed E-state index contributed by atoms with van der Waals surface area (Å²) in [6.45, 7) is 0.816. The van der Waals surface area contributed by atoms with E-state index in [0.717, 1.165) is 19.3 Å². The first-order valence-electron chi connectivity index (χ1n) is 5.09. The van der Waals surface area contributed by atoms with Crippen LogP contribution < -0.4 is 11.4 Å². The minimum atomic E-state index is -0.316. The van der Waals surface area contributed by atoms with Crippen LogP contribution in [0.3, 0.4) is 0 Å². The zero-order valence-corrected chi connectivity index (χ0v) is 8.52. The van der Waals surface area contributed by atoms with Gasteiger partial charge in [-0.1, -0.05) is 0 Å². The van der Waals surface area contributed by atoms with Crippen LogP contribution in [-0.4, -0.2) is 21.3 Å². The Bertz CT molecular complexity index is 409. The fraction of sp³-hybridized carbons (Fsp3) is 0.600. The molecule has 1 heterocycles. The van der Waals surface area contributed by atoms with E-state index in [1.54, 1.807) is 12.3 Å². The third-order valence-electron chi connectivity index (χ3n) is 3.07. The van der Waals surface area contributed by atoms with Crippen LogP contribution in [-0.2, 0) is 6.54 Å². The number of aryl methyl sites for hydroxylation is 1. The second kappa shape index (κ2) is 3.66. The fourth-order valence-electron chi connectivity index (χ4n) is 1.63. The first-order chi connectivity index (χ1) is 7.15. The third-order valence-corrected chi connectivity index (χ3v) is 3.07. The minimum Gasteiger partial charge on any atom is -0.396 e. The van der Waals surface area contributed by atoms with Gasteiger partial charge in [-0.2, -0.15) is 4.98 Å². The summed E-state index contributed by atoms with van der Waals surface area (Å²) in [5, 5.41) is 9.12. The van der Waals surface area contributed by atoms with Gasteiger partial charge in [0.2, 0.25) is 0 Å². The van der Waals surface area contributed by atoms with E-state index in [1.165, 1.54) is 4.57 Å². The normalized spacial score (nSPS) is 17.7. The van der Waals surface area contributed by atoms with E-state index in [2.05, 4.69) is 4.98 Å². The molecule has 0 spiro atoms. The molecule has 82 valence electrons. The van der Waals surface area contributed by atoms with Crippen LogP contribution in [0.25, 0.3) is 0 Å². The van der Waals surface area contributed by atoms with E-state index in [1.807, 2.05) is 0 Å². The first kappa shape index (κ1) is 10.2. The average Bonchev–Trinajstić information content (AvgIpc) is 2.97. The minimum absolute atomic E-state index is 0.0703. The molecule has 15 heavy (non-hydrogen) atoms. The summed E-state index contributed by atoms with van der Waals surface area (Å²) in [6.07, 6.45) is 4.59. The molecule has 0 aromatic carbocycles. The molecule has 1 aromatic heterocycles. The number of aliphatic hydroxyl groups excluding tert-OH is 1. The summed E-state index contributed by atoms with van der Waals surface area (Å²) < 4.78 is 1.53. The van der Waals surface area contributed by atoms with Crippen LogP contribution in [0.2, 0.25) is 0 Å². The molecule has 0 unspecified atom stereocenters. The summed E-state index contributed by atoms with van der Waals surface area (Å²) in [5.74, 6) is 0.250. The van der Waals surface area contributed by atoms with Gasteiger partial charge in [0, 0.05) is 19.3 Å². The van der Waals surface area contributed by atoms with Crippen LogP contribution in [0, 0.1) is 5.41 Å². The van der Waals surface area contributed by atoms with Crippen molar-refractivity contribution in [3.8, 4) is 0 Å². The highest BCUT2D eigenvalue weighted by Crippen LogP contribution is 2.48. The van der Waals surface area contributed by atoms with Gasteiger partial charge < -0.3 is 10.8 Å². The number of nitrogens with two attached hydrogens (primary N) is 1. The van der Waals surface area contributed by atoms with Crippen molar-refractivity contribution < 1.29 is 5.11 Å². The van der Waals surface area contributed by atoms with Crippen LogP contribution >= 0.6 is 0 Å². The second-order valence-electron chi connectivity index (χ2n) is 4.24. The van der Waals surface area contributed by atoms with E-state index in [-0.39, 0.29) is 23.5 Å². The number of rotatable bonds is 4. The van der Waals surface area contributed by atoms with Crippen molar-refractivity contribution in [1.82, 2.24) is 9.55 Å². The van der Waals surface area contributed by atoms with E-state index < -0.39 is 0 Å². The Morgan fingerprint density at radius 1 is 1.60 bits per heavy atom. The van der Waals surface area contributed by atoms with Crippen molar-refractivity contribution in [3.63, 3.8) is 0 Å². The third kappa shape index (κ3) is 2.18. The molecule has 1 aliphatic carbocycles. The molecule has 5 nitrogen and oxygen atoms in total. The molecule has 0 radical (unpaired) electrons. The standard InChI is InChI=1S/C10H15N3O2/c11-8-1-5-13(9(15)12-8)6-4-10(7-14)2-3-10/h1,5,14H,2-4,6-7H2,(H2,11,12,15). The predicted octanol–water partition coefficient (Wildman–Crippen LogP) is -0.0119. The number of aliphatic hydroxyl groups is 1. The van der Waals surface area contributed by atoms with Crippen molar-refractivity contribution in [2.75, 3.05) is 12.3 Å². The van der Waals surface area contributed by atoms with E-state index in [9.17, 15) is 4.79 Å². The highest BCUT2D eigenvalue weighted by Gasteiger charge is 2.41. The van der Waals surface area contributed by atoms with Gasteiger partial charge in [0.05, 0.1) is 0 Å². The number of hydrogen-bond donors (Lipinski definition) is 2. The number of anilines is 1. The van der Waals surface area contributed by atoms with Gasteiger partial charge >= 0.3 is 5.69 Å². The van der Waals surface area contributed by atoms with Crippen LogP contribution in [0.1, 0.15) is 19.3 Å². The number of aromatic nitrogens is 2. The van der Waals surface area contributed by atoms with Gasteiger partial charge in [-0.3, -0.25) is 4.57 Å². The van der Waals surface area contributed by atoms with Crippen LogP contribution in [0.15, 0.2) is 17.1 Å². The first-order valence-corrected chi connectivity index (χ1v) is 5.09. The lowest BCUT2D eigenvalue weighted by atomic mass is 10.0. The topological polar surface area (TPSA) is 81.1 Å². The molecule has 3 N–H and O–H groups in total. The van der Waals surface area contributed by atoms with E-state index >= 15 is 0 Å². The van der Waals surface area contributed by atoms with Crippen molar-refractivity contribution in [3.05, 3.63) is 22.7 Å². The van der Waals surface area contributed by atoms with Gasteiger partial charge in [0.25, 0.3) is 0 Å². The SMILES string of the molecule is Nc1ccn(CCC2(CO)CC2)c(=O)n1. The van der Waals surface area contributed by atoms with Crippen molar-refractivity contribution in [2.24, 2.45) is 5.41 Å². The highest BCUT2D eigenvalue weighted by atomic mass is 16.3. The highest BCUT2D eigenvalue weighted by molar-refractivity contribution is 5.23. The molecular formula is C10H15N3O2. The van der Waals surface area contributed by atoms with Gasteiger partial charge in [-0.15, -0.1) is 0 Å². The Morgan fingerprint density at radius 2 is 2.33 bits per heavy atom. The average molecular weight is 209 g/mol. The molecule has 1 aromatic rings. The Morgan fingerprint density at radius 3 is 2.87 bits per heavy atom. The largest absolute Gasteiger partial charge is 0.396 e. The fourth-order valence-corrected chi connectivity index (χ4v) is 1.63. The maximum atomic E-state index is 11.4. The molecule has 0 amide bonds. The Kier molecular flexibility index (Phi) is 2.48. The zero-order chi connectivity index (χ0) is 10.9. The molecule has 0 atom stereocenters. The Balaban J connectivity index is 2.02. The molecule has 0 aliphatic heterocycles. The van der Waals surface area contributed by atoms with Gasteiger partial charge in [-0.25, -0.2) is 4.79 Å². The molecule has 1 fully saturated rings. The van der Waals surface area contributed by atoms with E-state index in [4.69, 9.17) is 10.8 Å². The maximum Gasteiger partial charge on any atom is 0.349 e. The number of nitrogen functional groups attached to an aromatic ring is 1. The monoisotopic (exact) mass is 209 g/mol. The quantitative estimate of drug-likeness (QED) is 0.730. The number of nitrogens with zero attached hydrogens (tertiary/aromatic N) is 2. The van der Waals surface area contributed by atoms with Gasteiger partial charge in [0.1, 0.15) is 5.82 Å². The summed E-state index contributed by atoms with van der Waals surface area (Å²) in [7, 11) is 0. The Hall–Kier alpha value is -1.36. The number of hydrogen-bond acceptors (Lipinski definition) is 4. The second-order valence-corrected chi connectivity index (χ2v) is 4.24. The zero-order valence-electron chi connectivity index (χ0n) is 8.52. The molecule has 1 saturated carbocycles. The van der Waals surface area contributed by atoms with Crippen LogP contribution in [0.4, 0.5) is 5.82 Å². The molecule has 0 bridgehead atoms. The van der Waals surface area contributed by atoms with Crippen molar-refractivity contribution >= 4 is 5.82 Å². The maximum absolute atomic E-state index is 11.4. The summed E-state index contributed by atoms with van der Waals surface area (Å²) in [4.78, 5) is 15.0. The molecule has 5 heteroatoms. The van der Waals surface area contributed by atoms with E-state index in [0.29, 0.717) is 6.54 Å². The van der Waals surface area contributed by atoms with Crippen molar-refractivity contribution in [1.29, 1.82) is 0 Å². The van der Waals surface area contributed by atoms with Gasteiger partial charge in [0.15, 0.2) is 0 Å². The van der Waals surface area contributed by atoms with Crippen molar-refractivity contribution in [2.45, 2.75) is 25.8 Å². The molecule has 0 saturated heterocycles. The smallest absolute Gasteiger partial charge is 0.349 e. The summed E-state index contributed by atoms with van der Waals surface area (Å²) in [6, 6.07) is 1.61.